The van der Waals surface area contributed by atoms with Crippen molar-refractivity contribution in [2.75, 3.05) is 7.05 Å². The molecule has 1 saturated heterocycles. The van der Waals surface area contributed by atoms with Crippen molar-refractivity contribution < 1.29 is 27.9 Å². The predicted molar refractivity (Wildman–Crippen MR) is 197 cm³/mol. The largest absolute Gasteiger partial charge is 0.543 e. The topological polar surface area (TPSA) is 74.3 Å². The number of ether oxygens (including phenoxy) is 2. The lowest BCUT2D eigenvalue weighted by Gasteiger charge is -2.44. The summed E-state index contributed by atoms with van der Waals surface area (Å²) in [7, 11) is -2.55. The number of cyclic esters (lactones) is 1. The van der Waals surface area contributed by atoms with E-state index in [1.54, 1.807) is 25.4 Å². The van der Waals surface area contributed by atoms with Gasteiger partial charge in [-0.3, -0.25) is 4.79 Å². The van der Waals surface area contributed by atoms with E-state index >= 15 is 0 Å². The van der Waals surface area contributed by atoms with E-state index in [4.69, 9.17) is 18.3 Å². The van der Waals surface area contributed by atoms with Gasteiger partial charge in [-0.2, -0.15) is 0 Å². The maximum absolute atomic E-state index is 14.1. The van der Waals surface area contributed by atoms with Crippen LogP contribution >= 0.6 is 0 Å². The Bertz CT molecular complexity index is 1320. The zero-order valence-corrected chi connectivity index (χ0v) is 33.1. The molecule has 9 heteroatoms. The van der Waals surface area contributed by atoms with Gasteiger partial charge in [-0.25, -0.2) is 4.79 Å². The number of esters is 1. The van der Waals surface area contributed by atoms with Gasteiger partial charge in [0, 0.05) is 38.3 Å². The second-order valence-electron chi connectivity index (χ2n) is 16.2. The first-order valence-electron chi connectivity index (χ1n) is 17.4. The molecule has 262 valence electrons. The highest BCUT2D eigenvalue weighted by Crippen LogP contribution is 2.42. The maximum atomic E-state index is 14.1. The van der Waals surface area contributed by atoms with Gasteiger partial charge >= 0.3 is 5.97 Å². The van der Waals surface area contributed by atoms with Gasteiger partial charge in [0.05, 0.1) is 12.2 Å². The number of benzene rings is 1. The van der Waals surface area contributed by atoms with Crippen molar-refractivity contribution in [3.05, 3.63) is 65.9 Å². The molecule has 2 bridgehead atoms. The minimum atomic E-state index is -2.26. The first-order chi connectivity index (χ1) is 21.7. The van der Waals surface area contributed by atoms with E-state index in [2.05, 4.69) is 67.7 Å². The Morgan fingerprint density at radius 2 is 1.62 bits per heavy atom. The van der Waals surface area contributed by atoms with Crippen molar-refractivity contribution in [1.82, 2.24) is 4.90 Å². The quantitative estimate of drug-likeness (QED) is 0.106. The van der Waals surface area contributed by atoms with Crippen molar-refractivity contribution in [1.29, 1.82) is 0 Å². The second-order valence-corrected chi connectivity index (χ2v) is 25.7. The fraction of sp³-hybridized carbons (Fsp3) is 0.632. The van der Waals surface area contributed by atoms with Crippen LogP contribution in [0.3, 0.4) is 0 Å². The summed E-state index contributed by atoms with van der Waals surface area (Å²) in [6, 6.07) is 5.88. The molecule has 0 radical (unpaired) electrons. The Morgan fingerprint density at radius 1 is 0.957 bits per heavy atom. The fourth-order valence-corrected chi connectivity index (χ4v) is 7.79. The number of likely N-dealkylation sites (N-methyl/N-ethyl adjacent to an activating group) is 1. The van der Waals surface area contributed by atoms with Gasteiger partial charge in [0.25, 0.3) is 8.32 Å². The van der Waals surface area contributed by atoms with Gasteiger partial charge in [0.1, 0.15) is 17.4 Å². The average Bonchev–Trinajstić information content (AvgIpc) is 2.93. The van der Waals surface area contributed by atoms with E-state index in [1.165, 1.54) is 4.90 Å². The lowest BCUT2D eigenvalue weighted by Crippen LogP contribution is -2.48. The highest BCUT2D eigenvalue weighted by atomic mass is 28.4. The third-order valence-corrected chi connectivity index (χ3v) is 19.1. The smallest absolute Gasteiger partial charge is 0.342 e. The van der Waals surface area contributed by atoms with E-state index in [0.717, 1.165) is 24.8 Å². The van der Waals surface area contributed by atoms with Gasteiger partial charge in [0.15, 0.2) is 8.32 Å². The summed E-state index contributed by atoms with van der Waals surface area (Å²) in [6.07, 6.45) is 14.3. The summed E-state index contributed by atoms with van der Waals surface area (Å²) < 4.78 is 26.8. The van der Waals surface area contributed by atoms with E-state index < -0.39 is 22.7 Å². The number of hydrogen-bond donors (Lipinski definition) is 0. The first kappa shape index (κ1) is 39.0. The predicted octanol–water partition coefficient (Wildman–Crippen LogP) is 9.36. The van der Waals surface area contributed by atoms with Crippen LogP contribution in [0.15, 0.2) is 54.8 Å². The van der Waals surface area contributed by atoms with Crippen LogP contribution in [0, 0.1) is 0 Å². The number of amides is 1. The average molecular weight is 684 g/mol. The Balaban J connectivity index is 1.96. The molecule has 0 aromatic heterocycles. The van der Waals surface area contributed by atoms with Crippen molar-refractivity contribution >= 4 is 28.5 Å². The summed E-state index contributed by atoms with van der Waals surface area (Å²) in [6.45, 7) is 24.4. The zero-order chi connectivity index (χ0) is 35.2. The van der Waals surface area contributed by atoms with Crippen LogP contribution in [0.1, 0.15) is 96.5 Å². The minimum Gasteiger partial charge on any atom is -0.543 e. The summed E-state index contributed by atoms with van der Waals surface area (Å²) >= 11 is 0. The zero-order valence-electron chi connectivity index (χ0n) is 31.1. The third-order valence-electron chi connectivity index (χ3n) is 10.2. The van der Waals surface area contributed by atoms with E-state index in [9.17, 15) is 9.59 Å². The molecule has 0 unspecified atom stereocenters. The molecule has 2 aliphatic heterocycles. The normalized spacial score (nSPS) is 23.2. The van der Waals surface area contributed by atoms with Gasteiger partial charge < -0.3 is 23.2 Å². The molecule has 4 atom stereocenters. The fourth-order valence-electron chi connectivity index (χ4n) is 5.39. The first-order valence-corrected chi connectivity index (χ1v) is 23.2. The van der Waals surface area contributed by atoms with Crippen LogP contribution in [-0.4, -0.2) is 64.9 Å². The van der Waals surface area contributed by atoms with Gasteiger partial charge in [0.2, 0.25) is 5.91 Å². The molecule has 2 aliphatic rings. The molecule has 0 aliphatic carbocycles. The molecule has 2 heterocycles. The highest BCUT2D eigenvalue weighted by Gasteiger charge is 2.43. The number of allylic oxidation sites excluding steroid dienone is 3. The Morgan fingerprint density at radius 3 is 2.26 bits per heavy atom. The maximum Gasteiger partial charge on any atom is 0.342 e. The van der Waals surface area contributed by atoms with Gasteiger partial charge in [-0.05, 0) is 73.6 Å². The lowest BCUT2D eigenvalue weighted by atomic mass is 9.91. The second kappa shape index (κ2) is 15.8. The number of nitrogens with zero attached hydrogens (tertiary/aromatic N) is 1. The van der Waals surface area contributed by atoms with Crippen LogP contribution in [0.4, 0.5) is 0 Å². The van der Waals surface area contributed by atoms with Crippen molar-refractivity contribution in [2.45, 2.75) is 148 Å². The molecule has 0 spiro atoms. The number of fused-ring (bicyclic) bond motifs is 3. The Labute approximate surface area is 287 Å². The third kappa shape index (κ3) is 10.8. The van der Waals surface area contributed by atoms with Crippen molar-refractivity contribution in [3.8, 4) is 5.75 Å². The summed E-state index contributed by atoms with van der Waals surface area (Å²) in [5, 5.41) is 0.0556. The molecule has 3 rings (SSSR count). The Kier molecular flexibility index (Phi) is 13.1. The molecule has 47 heavy (non-hydrogen) atoms. The Hall–Kier alpha value is -2.47. The van der Waals surface area contributed by atoms with Gasteiger partial charge in [-0.15, -0.1) is 0 Å². The standard InChI is InChI=1S/C38H61NO6Si2/c1-13-14-15-16-22-34(40)39(8)23-18-20-29-25-31-27-32(44-46(9,10)37(2,3)4)26-30(42-31)24-28-19-17-21-33(35(28)36(41)43-29)45-47(11,12)38(5,6)7/h14-19,21-23,29-32H,13,20,24-27H2,1-12H3/b15-14-,22-16-,23-18+/t29-,30-,31-,32+/m0/s1. The molecule has 1 aromatic rings. The number of carbonyl (C=O) groups excluding carboxylic acids is 2. The molecule has 0 saturated carbocycles. The molecule has 0 N–H and O–H groups in total. The van der Waals surface area contributed by atoms with E-state index in [1.807, 2.05) is 43.4 Å². The molecular weight excluding hydrogens is 623 g/mol. The van der Waals surface area contributed by atoms with Crippen molar-refractivity contribution in [3.63, 3.8) is 0 Å². The van der Waals surface area contributed by atoms with Crippen molar-refractivity contribution in [2.24, 2.45) is 0 Å². The van der Waals surface area contributed by atoms with Crippen LogP contribution in [0.5, 0.6) is 5.75 Å². The van der Waals surface area contributed by atoms with E-state index in [-0.39, 0.29) is 40.3 Å². The van der Waals surface area contributed by atoms with Crippen LogP contribution in [0.2, 0.25) is 36.3 Å². The monoisotopic (exact) mass is 683 g/mol. The molecular formula is C38H61NO6Si2. The highest BCUT2D eigenvalue weighted by molar-refractivity contribution is 6.75. The SMILES string of the molecule is CC/C=C\C=C/C(=O)N(C)/C=C/C[C@H]1C[C@H]2C[C@H](O[Si](C)(C)C(C)(C)C)C[C@H](Cc3cccc(O[Si](C)(C)C(C)(C)C)c3C(=O)O1)O2. The number of rotatable bonds is 10. The molecule has 7 nitrogen and oxygen atoms in total. The van der Waals surface area contributed by atoms with Crippen LogP contribution in [-0.2, 0) is 25.1 Å². The molecule has 1 fully saturated rings. The van der Waals surface area contributed by atoms with Crippen LogP contribution in [0.25, 0.3) is 0 Å². The summed E-state index contributed by atoms with van der Waals surface area (Å²) in [5.74, 6) is 0.0943. The summed E-state index contributed by atoms with van der Waals surface area (Å²) in [4.78, 5) is 28.2. The van der Waals surface area contributed by atoms with Crippen LogP contribution < -0.4 is 4.43 Å². The number of hydrogen-bond acceptors (Lipinski definition) is 6. The lowest BCUT2D eigenvalue weighted by molar-refractivity contribution is -0.122. The van der Waals surface area contributed by atoms with Gasteiger partial charge in [-0.1, -0.05) is 84.9 Å². The minimum absolute atomic E-state index is 0.0398. The summed E-state index contributed by atoms with van der Waals surface area (Å²) in [5.41, 5.74) is 1.38. The molecule has 1 aromatic carbocycles. The van der Waals surface area contributed by atoms with E-state index in [0.29, 0.717) is 30.6 Å². The molecule has 1 amide bonds. The number of carbonyl (C=O) groups is 2.